The number of rotatable bonds is 4. The first-order valence-electron chi connectivity index (χ1n) is 6.41. The minimum atomic E-state index is -1.76. The normalized spacial score (nSPS) is 12.6. The molecule has 8 heteroatoms. The van der Waals surface area contributed by atoms with Gasteiger partial charge in [-0.1, -0.05) is 68.4 Å². The molecule has 0 bridgehead atoms. The fourth-order valence-corrected chi connectivity index (χ4v) is 2.54. The molecule has 23 heavy (non-hydrogen) atoms. The largest absolute Gasteiger partial charge is 0.362 e. The lowest BCUT2D eigenvalue weighted by molar-refractivity contribution is 0.0942. The smallest absolute Gasteiger partial charge is 0.252 e. The zero-order valence-electron chi connectivity index (χ0n) is 11.5. The summed E-state index contributed by atoms with van der Waals surface area (Å²) >= 11 is 27.1. The van der Waals surface area contributed by atoms with E-state index in [1.54, 1.807) is 48.5 Å². The van der Waals surface area contributed by atoms with E-state index in [1.807, 2.05) is 0 Å². The highest BCUT2D eigenvalue weighted by Gasteiger charge is 2.34. The van der Waals surface area contributed by atoms with Crippen LogP contribution in [0.2, 0.25) is 5.02 Å². The van der Waals surface area contributed by atoms with Crippen molar-refractivity contribution in [3.8, 4) is 0 Å². The highest BCUT2D eigenvalue weighted by Crippen LogP contribution is 2.31. The number of nitrogens with one attached hydrogen (secondary N) is 2. The van der Waals surface area contributed by atoms with Gasteiger partial charge in [-0.2, -0.15) is 0 Å². The van der Waals surface area contributed by atoms with Gasteiger partial charge in [-0.05, 0) is 42.5 Å². The molecular weight excluding hydrogens is 446 g/mol. The third-order valence-corrected chi connectivity index (χ3v) is 4.26. The summed E-state index contributed by atoms with van der Waals surface area (Å²) in [5.41, 5.74) is 1.06. The Labute approximate surface area is 162 Å². The Hall–Kier alpha value is -0.650. The Morgan fingerprint density at radius 2 is 1.74 bits per heavy atom. The van der Waals surface area contributed by atoms with Gasteiger partial charge in [0.05, 0.1) is 0 Å². The molecule has 0 aliphatic carbocycles. The van der Waals surface area contributed by atoms with Gasteiger partial charge in [-0.3, -0.25) is 4.79 Å². The van der Waals surface area contributed by atoms with Crippen LogP contribution in [-0.4, -0.2) is 15.9 Å². The molecule has 0 aliphatic heterocycles. The van der Waals surface area contributed by atoms with Gasteiger partial charge in [0.1, 0.15) is 6.17 Å². The molecule has 0 aromatic heterocycles. The maximum absolute atomic E-state index is 12.3. The monoisotopic (exact) mass is 454 g/mol. The summed E-state index contributed by atoms with van der Waals surface area (Å²) in [5.74, 6) is -0.372. The molecule has 0 saturated heterocycles. The summed E-state index contributed by atoms with van der Waals surface area (Å²) in [7, 11) is 0. The van der Waals surface area contributed by atoms with Crippen molar-refractivity contribution in [1.82, 2.24) is 5.32 Å². The third kappa shape index (κ3) is 5.73. The maximum atomic E-state index is 12.3. The van der Waals surface area contributed by atoms with Crippen LogP contribution in [-0.2, 0) is 0 Å². The van der Waals surface area contributed by atoms with Crippen molar-refractivity contribution < 1.29 is 4.79 Å². The van der Waals surface area contributed by atoms with Crippen LogP contribution in [0.4, 0.5) is 5.69 Å². The van der Waals surface area contributed by atoms with Gasteiger partial charge < -0.3 is 10.6 Å². The standard InChI is InChI=1S/C15H11BrCl4N2O/c16-10-6-4-9(5-7-10)13(23)22-14(15(18,19)20)21-12-3-1-2-11(17)8-12/h1-8,14,21H,(H,22,23)/t14-/m1/s1. The second-order valence-electron chi connectivity index (χ2n) is 4.61. The van der Waals surface area contributed by atoms with Crippen LogP contribution >= 0.6 is 62.3 Å². The molecule has 0 unspecified atom stereocenters. The van der Waals surface area contributed by atoms with Crippen molar-refractivity contribution in [2.45, 2.75) is 9.96 Å². The van der Waals surface area contributed by atoms with E-state index >= 15 is 0 Å². The first-order chi connectivity index (χ1) is 10.8. The topological polar surface area (TPSA) is 41.1 Å². The number of anilines is 1. The van der Waals surface area contributed by atoms with Crippen molar-refractivity contribution >= 4 is 73.9 Å². The van der Waals surface area contributed by atoms with Crippen LogP contribution in [0.5, 0.6) is 0 Å². The van der Waals surface area contributed by atoms with E-state index in [1.165, 1.54) is 0 Å². The summed E-state index contributed by atoms with van der Waals surface area (Å²) < 4.78 is -0.892. The Balaban J connectivity index is 2.16. The van der Waals surface area contributed by atoms with E-state index < -0.39 is 9.96 Å². The third-order valence-electron chi connectivity index (χ3n) is 2.84. The molecule has 2 aromatic rings. The number of carbonyl (C=O) groups excluding carboxylic acids is 1. The second kappa shape index (κ2) is 7.95. The molecule has 2 rings (SSSR count). The molecule has 0 spiro atoms. The summed E-state index contributed by atoms with van der Waals surface area (Å²) in [4.78, 5) is 12.3. The van der Waals surface area contributed by atoms with E-state index in [0.717, 1.165) is 4.47 Å². The molecule has 0 fully saturated rings. The van der Waals surface area contributed by atoms with Gasteiger partial charge in [0.2, 0.25) is 3.79 Å². The minimum absolute atomic E-state index is 0.372. The molecule has 1 atom stereocenters. The van der Waals surface area contributed by atoms with Crippen molar-refractivity contribution in [2.24, 2.45) is 0 Å². The van der Waals surface area contributed by atoms with Crippen LogP contribution in [0.25, 0.3) is 0 Å². The van der Waals surface area contributed by atoms with Crippen LogP contribution in [0.1, 0.15) is 10.4 Å². The summed E-state index contributed by atoms with van der Waals surface area (Å²) in [6.45, 7) is 0. The van der Waals surface area contributed by atoms with E-state index in [0.29, 0.717) is 16.3 Å². The number of alkyl halides is 3. The number of carbonyl (C=O) groups is 1. The number of hydrogen-bond acceptors (Lipinski definition) is 2. The Morgan fingerprint density at radius 1 is 1.09 bits per heavy atom. The second-order valence-corrected chi connectivity index (χ2v) is 8.33. The average molecular weight is 457 g/mol. The number of hydrogen-bond donors (Lipinski definition) is 2. The van der Waals surface area contributed by atoms with E-state index in [-0.39, 0.29) is 5.91 Å². The van der Waals surface area contributed by atoms with Crippen LogP contribution in [0, 0.1) is 0 Å². The number of halogens is 5. The van der Waals surface area contributed by atoms with Crippen molar-refractivity contribution in [1.29, 1.82) is 0 Å². The zero-order chi connectivity index (χ0) is 17.0. The van der Waals surface area contributed by atoms with Gasteiger partial charge in [0, 0.05) is 20.7 Å². The summed E-state index contributed by atoms with van der Waals surface area (Å²) in [6.07, 6.45) is -0.942. The van der Waals surface area contributed by atoms with Gasteiger partial charge in [0.15, 0.2) is 0 Å². The molecule has 0 aliphatic rings. The summed E-state index contributed by atoms with van der Waals surface area (Å²) in [5, 5.41) is 6.13. The van der Waals surface area contributed by atoms with Crippen molar-refractivity contribution in [3.05, 3.63) is 63.6 Å². The molecular formula is C15H11BrCl4N2O. The van der Waals surface area contributed by atoms with E-state index in [2.05, 4.69) is 26.6 Å². The van der Waals surface area contributed by atoms with Gasteiger partial charge in [0.25, 0.3) is 5.91 Å². The van der Waals surface area contributed by atoms with Crippen molar-refractivity contribution in [2.75, 3.05) is 5.32 Å². The fourth-order valence-electron chi connectivity index (χ4n) is 1.76. The van der Waals surface area contributed by atoms with Crippen LogP contribution in [0.3, 0.4) is 0 Å². The first-order valence-corrected chi connectivity index (χ1v) is 8.71. The molecule has 0 radical (unpaired) electrons. The zero-order valence-corrected chi connectivity index (χ0v) is 16.1. The van der Waals surface area contributed by atoms with Gasteiger partial charge in [-0.15, -0.1) is 0 Å². The molecule has 2 aromatic carbocycles. The molecule has 0 saturated carbocycles. The minimum Gasteiger partial charge on any atom is -0.362 e. The molecule has 3 nitrogen and oxygen atoms in total. The Bertz CT molecular complexity index is 689. The Morgan fingerprint density at radius 3 is 2.30 bits per heavy atom. The van der Waals surface area contributed by atoms with E-state index in [4.69, 9.17) is 46.4 Å². The van der Waals surface area contributed by atoms with Crippen molar-refractivity contribution in [3.63, 3.8) is 0 Å². The highest BCUT2D eigenvalue weighted by molar-refractivity contribution is 9.10. The maximum Gasteiger partial charge on any atom is 0.252 e. The molecule has 2 N–H and O–H groups in total. The summed E-state index contributed by atoms with van der Waals surface area (Å²) in [6, 6.07) is 13.7. The highest BCUT2D eigenvalue weighted by atomic mass is 79.9. The predicted molar refractivity (Wildman–Crippen MR) is 101 cm³/mol. The van der Waals surface area contributed by atoms with Gasteiger partial charge in [-0.25, -0.2) is 0 Å². The van der Waals surface area contributed by atoms with Gasteiger partial charge >= 0.3 is 0 Å². The van der Waals surface area contributed by atoms with Crippen LogP contribution < -0.4 is 10.6 Å². The first kappa shape index (κ1) is 18.7. The number of benzene rings is 2. The van der Waals surface area contributed by atoms with Crippen LogP contribution in [0.15, 0.2) is 53.0 Å². The molecule has 122 valence electrons. The predicted octanol–water partition coefficient (Wildman–Crippen LogP) is 5.64. The lowest BCUT2D eigenvalue weighted by Crippen LogP contribution is -2.49. The average Bonchev–Trinajstić information content (AvgIpc) is 2.46. The SMILES string of the molecule is O=C(N[C@@H](Nc1cccc(Cl)c1)C(Cl)(Cl)Cl)c1ccc(Br)cc1. The Kier molecular flexibility index (Phi) is 6.46. The quantitative estimate of drug-likeness (QED) is 0.461. The lowest BCUT2D eigenvalue weighted by Gasteiger charge is -2.27. The lowest BCUT2D eigenvalue weighted by atomic mass is 10.2. The molecule has 1 amide bonds. The number of amides is 1. The van der Waals surface area contributed by atoms with E-state index in [9.17, 15) is 4.79 Å². The molecule has 0 heterocycles. The fraction of sp³-hybridized carbons (Fsp3) is 0.133.